The van der Waals surface area contributed by atoms with Crippen molar-refractivity contribution in [3.63, 3.8) is 0 Å². The van der Waals surface area contributed by atoms with E-state index >= 15 is 0 Å². The summed E-state index contributed by atoms with van der Waals surface area (Å²) in [4.78, 5) is 17.2. The SMILES string of the molecule is CN1Cc2cc(Cl)ccc2C(C(=O)NCCCN2CCOCC2)C1. The molecule has 132 valence electrons. The van der Waals surface area contributed by atoms with Crippen molar-refractivity contribution >= 4 is 17.5 Å². The number of nitrogens with one attached hydrogen (secondary N) is 1. The highest BCUT2D eigenvalue weighted by molar-refractivity contribution is 6.30. The van der Waals surface area contributed by atoms with Gasteiger partial charge in [-0.05, 0) is 43.3 Å². The first-order valence-electron chi connectivity index (χ1n) is 8.68. The Kier molecular flexibility index (Phi) is 6.11. The number of hydrogen-bond donors (Lipinski definition) is 1. The van der Waals surface area contributed by atoms with E-state index in [1.807, 2.05) is 25.2 Å². The number of fused-ring (bicyclic) bond motifs is 1. The second-order valence-corrected chi connectivity index (χ2v) is 7.13. The number of morpholine rings is 1. The number of hydrogen-bond acceptors (Lipinski definition) is 4. The first-order valence-corrected chi connectivity index (χ1v) is 9.06. The van der Waals surface area contributed by atoms with Gasteiger partial charge in [-0.15, -0.1) is 0 Å². The zero-order valence-corrected chi connectivity index (χ0v) is 15.0. The zero-order valence-electron chi connectivity index (χ0n) is 14.3. The normalized spacial score (nSPS) is 22.2. The van der Waals surface area contributed by atoms with E-state index in [4.69, 9.17) is 16.3 Å². The summed E-state index contributed by atoms with van der Waals surface area (Å²) in [6, 6.07) is 5.86. The Morgan fingerprint density at radius 3 is 2.96 bits per heavy atom. The van der Waals surface area contributed by atoms with Crippen molar-refractivity contribution < 1.29 is 9.53 Å². The smallest absolute Gasteiger partial charge is 0.228 e. The predicted molar refractivity (Wildman–Crippen MR) is 95.4 cm³/mol. The Morgan fingerprint density at radius 1 is 1.38 bits per heavy atom. The lowest BCUT2D eigenvalue weighted by molar-refractivity contribution is -0.123. The third-order valence-corrected chi connectivity index (χ3v) is 5.02. The van der Waals surface area contributed by atoms with Crippen molar-refractivity contribution in [1.29, 1.82) is 0 Å². The summed E-state index contributed by atoms with van der Waals surface area (Å²) in [5, 5.41) is 3.84. The molecule has 0 saturated carbocycles. The van der Waals surface area contributed by atoms with E-state index < -0.39 is 0 Å². The molecule has 1 saturated heterocycles. The molecule has 1 aromatic rings. The summed E-state index contributed by atoms with van der Waals surface area (Å²) in [7, 11) is 2.04. The standard InChI is InChI=1S/C18H26ClN3O2/c1-21-12-14-11-15(19)3-4-16(14)17(13-21)18(23)20-5-2-6-22-7-9-24-10-8-22/h3-4,11,17H,2,5-10,12-13H2,1H3,(H,20,23). The third-order valence-electron chi connectivity index (χ3n) is 4.79. The summed E-state index contributed by atoms with van der Waals surface area (Å²) < 4.78 is 5.35. The van der Waals surface area contributed by atoms with Crippen LogP contribution in [0, 0.1) is 0 Å². The molecule has 1 fully saturated rings. The van der Waals surface area contributed by atoms with Gasteiger partial charge in [-0.1, -0.05) is 17.7 Å². The molecule has 1 unspecified atom stereocenters. The van der Waals surface area contributed by atoms with E-state index in [0.29, 0.717) is 0 Å². The van der Waals surface area contributed by atoms with E-state index in [1.165, 1.54) is 0 Å². The average molecular weight is 352 g/mol. The van der Waals surface area contributed by atoms with E-state index in [0.717, 1.165) is 75.1 Å². The van der Waals surface area contributed by atoms with Gasteiger partial charge in [0.15, 0.2) is 0 Å². The molecule has 6 heteroatoms. The molecule has 0 radical (unpaired) electrons. The molecule has 2 aliphatic heterocycles. The van der Waals surface area contributed by atoms with Crippen molar-refractivity contribution in [2.45, 2.75) is 18.9 Å². The van der Waals surface area contributed by atoms with Gasteiger partial charge in [0.05, 0.1) is 19.1 Å². The number of benzene rings is 1. The van der Waals surface area contributed by atoms with Crippen molar-refractivity contribution in [2.75, 3.05) is 53.0 Å². The summed E-state index contributed by atoms with van der Waals surface area (Å²) in [6.45, 7) is 6.96. The molecule has 1 atom stereocenters. The highest BCUT2D eigenvalue weighted by Crippen LogP contribution is 2.29. The number of halogens is 1. The van der Waals surface area contributed by atoms with Crippen molar-refractivity contribution in [3.05, 3.63) is 34.3 Å². The lowest BCUT2D eigenvalue weighted by Gasteiger charge is -2.31. The van der Waals surface area contributed by atoms with Crippen LogP contribution in [0.15, 0.2) is 18.2 Å². The number of nitrogens with zero attached hydrogens (tertiary/aromatic N) is 2. The van der Waals surface area contributed by atoms with Crippen LogP contribution in [-0.2, 0) is 16.1 Å². The van der Waals surface area contributed by atoms with Crippen LogP contribution in [0.5, 0.6) is 0 Å². The van der Waals surface area contributed by atoms with E-state index in [2.05, 4.69) is 15.1 Å². The molecule has 1 aromatic carbocycles. The fourth-order valence-corrected chi connectivity index (χ4v) is 3.70. The van der Waals surface area contributed by atoms with Gasteiger partial charge in [-0.2, -0.15) is 0 Å². The summed E-state index contributed by atoms with van der Waals surface area (Å²) in [5.74, 6) is 0.00602. The van der Waals surface area contributed by atoms with Crippen LogP contribution < -0.4 is 5.32 Å². The molecule has 0 aliphatic carbocycles. The zero-order chi connectivity index (χ0) is 16.9. The van der Waals surface area contributed by atoms with Crippen LogP contribution >= 0.6 is 11.6 Å². The minimum atomic E-state index is -0.112. The molecule has 0 aromatic heterocycles. The Labute approximate surface area is 148 Å². The average Bonchev–Trinajstić information content (AvgIpc) is 2.58. The Morgan fingerprint density at radius 2 is 2.17 bits per heavy atom. The first-order chi connectivity index (χ1) is 11.6. The monoisotopic (exact) mass is 351 g/mol. The molecule has 2 heterocycles. The highest BCUT2D eigenvalue weighted by atomic mass is 35.5. The molecule has 1 N–H and O–H groups in total. The van der Waals surface area contributed by atoms with Crippen LogP contribution in [0.1, 0.15) is 23.5 Å². The van der Waals surface area contributed by atoms with Gasteiger partial charge in [0.1, 0.15) is 0 Å². The van der Waals surface area contributed by atoms with E-state index in [9.17, 15) is 4.79 Å². The molecule has 2 aliphatic rings. The Balaban J connectivity index is 1.51. The highest BCUT2D eigenvalue weighted by Gasteiger charge is 2.28. The second kappa shape index (κ2) is 8.30. The van der Waals surface area contributed by atoms with Gasteiger partial charge in [0, 0.05) is 37.7 Å². The maximum absolute atomic E-state index is 12.6. The maximum atomic E-state index is 12.6. The molecule has 5 nitrogen and oxygen atoms in total. The topological polar surface area (TPSA) is 44.8 Å². The molecular formula is C18H26ClN3O2. The van der Waals surface area contributed by atoms with Gasteiger partial charge in [0.2, 0.25) is 5.91 Å². The quantitative estimate of drug-likeness (QED) is 0.820. The number of carbonyl (C=O) groups excluding carboxylic acids is 1. The number of ether oxygens (including phenoxy) is 1. The van der Waals surface area contributed by atoms with Gasteiger partial charge in [0.25, 0.3) is 0 Å². The molecule has 24 heavy (non-hydrogen) atoms. The van der Waals surface area contributed by atoms with Gasteiger partial charge in [-0.25, -0.2) is 0 Å². The maximum Gasteiger partial charge on any atom is 0.228 e. The lowest BCUT2D eigenvalue weighted by atomic mass is 9.89. The largest absolute Gasteiger partial charge is 0.379 e. The number of rotatable bonds is 5. The minimum absolute atomic E-state index is 0.112. The fourth-order valence-electron chi connectivity index (χ4n) is 3.50. The number of likely N-dealkylation sites (N-methyl/N-ethyl adjacent to an activating group) is 1. The summed E-state index contributed by atoms with van der Waals surface area (Å²) in [6.07, 6.45) is 0.974. The molecule has 1 amide bonds. The van der Waals surface area contributed by atoms with Crippen molar-refractivity contribution in [3.8, 4) is 0 Å². The lowest BCUT2D eigenvalue weighted by Crippen LogP contribution is -2.41. The van der Waals surface area contributed by atoms with Crippen LogP contribution in [0.3, 0.4) is 0 Å². The summed E-state index contributed by atoms with van der Waals surface area (Å²) in [5.41, 5.74) is 2.27. The van der Waals surface area contributed by atoms with Gasteiger partial charge >= 0.3 is 0 Å². The predicted octanol–water partition coefficient (Wildman–Crippen LogP) is 1.71. The third kappa shape index (κ3) is 4.48. The molecule has 0 spiro atoms. The number of carbonyl (C=O) groups is 1. The van der Waals surface area contributed by atoms with E-state index in [1.54, 1.807) is 0 Å². The summed E-state index contributed by atoms with van der Waals surface area (Å²) >= 11 is 6.10. The van der Waals surface area contributed by atoms with Crippen LogP contribution in [0.25, 0.3) is 0 Å². The Hall–Kier alpha value is -1.14. The minimum Gasteiger partial charge on any atom is -0.379 e. The van der Waals surface area contributed by atoms with Gasteiger partial charge < -0.3 is 15.0 Å². The van der Waals surface area contributed by atoms with E-state index in [-0.39, 0.29) is 11.8 Å². The van der Waals surface area contributed by atoms with Crippen LogP contribution in [-0.4, -0.2) is 68.7 Å². The number of amides is 1. The van der Waals surface area contributed by atoms with Crippen molar-refractivity contribution in [1.82, 2.24) is 15.1 Å². The van der Waals surface area contributed by atoms with Crippen molar-refractivity contribution in [2.24, 2.45) is 0 Å². The van der Waals surface area contributed by atoms with Gasteiger partial charge in [-0.3, -0.25) is 9.69 Å². The fraction of sp³-hybridized carbons (Fsp3) is 0.611. The first kappa shape index (κ1) is 17.7. The molecule has 0 bridgehead atoms. The van der Waals surface area contributed by atoms with Crippen LogP contribution in [0.4, 0.5) is 0 Å². The Bertz CT molecular complexity index is 575. The van der Waals surface area contributed by atoms with Crippen LogP contribution in [0.2, 0.25) is 5.02 Å². The molecular weight excluding hydrogens is 326 g/mol. The second-order valence-electron chi connectivity index (χ2n) is 6.69. The molecule has 3 rings (SSSR count).